The van der Waals surface area contributed by atoms with Gasteiger partial charge in [-0.25, -0.2) is 19.2 Å². The zero-order chi connectivity index (χ0) is 38.2. The summed E-state index contributed by atoms with van der Waals surface area (Å²) in [5.74, 6) is -2.19. The summed E-state index contributed by atoms with van der Waals surface area (Å²) < 4.78 is 18.3. The minimum atomic E-state index is -0.892. The van der Waals surface area contributed by atoms with Crippen LogP contribution in [0.3, 0.4) is 0 Å². The van der Waals surface area contributed by atoms with Crippen LogP contribution in [-0.2, 0) is 42.9 Å². The quantitative estimate of drug-likeness (QED) is 0.0829. The van der Waals surface area contributed by atoms with Gasteiger partial charge in [-0.2, -0.15) is 0 Å². The van der Waals surface area contributed by atoms with Crippen LogP contribution in [0.1, 0.15) is 34.1 Å². The SMILES string of the molecule is CCOC(=O)/C=C/CBr.CCOC(=O)/C=C/CN(C)C.CCOC(=O)/C=C/CO.CCOC(=O)CC(O)CCl.CN(C)C/C=C/C(=O)O.Cl.Cl. The van der Waals surface area contributed by atoms with E-state index in [1.807, 2.05) is 38.0 Å². The number of carboxylic acid groups (broad SMARTS) is 1. The van der Waals surface area contributed by atoms with E-state index in [4.69, 9.17) is 26.9 Å². The first kappa shape index (κ1) is 62.6. The minimum Gasteiger partial charge on any atom is -0.478 e. The molecule has 0 aromatic heterocycles. The van der Waals surface area contributed by atoms with Crippen LogP contribution in [-0.4, -0.2) is 147 Å². The molecule has 14 nitrogen and oxygen atoms in total. The van der Waals surface area contributed by atoms with E-state index in [9.17, 15) is 24.0 Å². The first-order valence-corrected chi connectivity index (χ1v) is 16.5. The third-order valence-corrected chi connectivity index (χ3v) is 4.63. The van der Waals surface area contributed by atoms with Crippen molar-refractivity contribution in [2.75, 3.05) is 85.5 Å². The number of hydrogen-bond donors (Lipinski definition) is 3. The lowest BCUT2D eigenvalue weighted by atomic mass is 10.3. The number of likely N-dealkylation sites (N-methyl/N-ethyl adjacent to an activating group) is 2. The lowest BCUT2D eigenvalue weighted by Gasteiger charge is -2.04. The van der Waals surface area contributed by atoms with Crippen molar-refractivity contribution in [1.29, 1.82) is 0 Å². The minimum absolute atomic E-state index is 0. The van der Waals surface area contributed by atoms with Crippen LogP contribution in [0.25, 0.3) is 0 Å². The number of nitrogens with zero attached hydrogens (tertiary/aromatic N) is 2. The van der Waals surface area contributed by atoms with E-state index in [2.05, 4.69) is 34.9 Å². The first-order valence-electron chi connectivity index (χ1n) is 14.9. The number of alkyl halides is 2. The van der Waals surface area contributed by atoms with Crippen molar-refractivity contribution in [2.45, 2.75) is 40.2 Å². The Bertz CT molecular complexity index is 908. The van der Waals surface area contributed by atoms with Crippen molar-refractivity contribution in [3.05, 3.63) is 48.6 Å². The highest BCUT2D eigenvalue weighted by molar-refractivity contribution is 9.09. The lowest BCUT2D eigenvalue weighted by molar-refractivity contribution is -0.145. The number of ether oxygens (including phenoxy) is 4. The zero-order valence-electron chi connectivity index (χ0n) is 30.2. The summed E-state index contributed by atoms with van der Waals surface area (Å²) in [4.78, 5) is 55.9. The summed E-state index contributed by atoms with van der Waals surface area (Å²) in [5, 5.41) is 25.8. The standard InChI is InChI=1S/C8H15NO2.C6H9BrO2.C6H11ClO3.C6H11NO2.C6H10O3.2ClH/c1-4-11-8(10)6-5-7-9(2)3;1-2-9-6(8)4-3-5-7;1-2-10-6(9)3-5(8)4-7;1-7(2)5-3-4-6(8)9;1-2-9-6(8)4-3-5-7;;/h5-6H,4,7H2,1-3H3;3-4H,2,5H2,1H3;5,8H,2-4H2,1H3;3-4H,5H2,1-2H3,(H,8,9);3-4,7H,2,5H2,1H3;2*1H/b6-5+;4-3+;;2*4-3+;;. The van der Waals surface area contributed by atoms with Gasteiger partial charge >= 0.3 is 29.8 Å². The van der Waals surface area contributed by atoms with Gasteiger partial charge in [0.15, 0.2) is 0 Å². The Hall–Kier alpha value is -2.50. The van der Waals surface area contributed by atoms with Crippen LogP contribution in [0.4, 0.5) is 0 Å². The Morgan fingerprint density at radius 1 is 0.680 bits per heavy atom. The second-order valence-electron chi connectivity index (χ2n) is 8.88. The van der Waals surface area contributed by atoms with Gasteiger partial charge in [-0.1, -0.05) is 40.2 Å². The van der Waals surface area contributed by atoms with Gasteiger partial charge in [0, 0.05) is 48.6 Å². The Morgan fingerprint density at radius 3 is 1.34 bits per heavy atom. The summed E-state index contributed by atoms with van der Waals surface area (Å²) >= 11 is 8.37. The van der Waals surface area contributed by atoms with Crippen molar-refractivity contribution in [3.63, 3.8) is 0 Å². The van der Waals surface area contributed by atoms with Crippen molar-refractivity contribution in [3.8, 4) is 0 Å². The van der Waals surface area contributed by atoms with Gasteiger partial charge in [0.1, 0.15) is 0 Å². The van der Waals surface area contributed by atoms with Gasteiger partial charge in [-0.05, 0) is 55.9 Å². The average Bonchev–Trinajstić information content (AvgIpc) is 3.00. The van der Waals surface area contributed by atoms with E-state index < -0.39 is 24.0 Å². The normalized spacial score (nSPS) is 10.5. The first-order chi connectivity index (χ1) is 22.6. The molecule has 3 N–H and O–H groups in total. The smallest absolute Gasteiger partial charge is 0.330 e. The number of halogens is 4. The van der Waals surface area contributed by atoms with E-state index in [1.54, 1.807) is 45.9 Å². The van der Waals surface area contributed by atoms with Crippen molar-refractivity contribution in [2.24, 2.45) is 0 Å². The average molecular weight is 849 g/mol. The molecule has 1 atom stereocenters. The fourth-order valence-electron chi connectivity index (χ4n) is 2.05. The maximum Gasteiger partial charge on any atom is 0.330 e. The Morgan fingerprint density at radius 2 is 1.04 bits per heavy atom. The van der Waals surface area contributed by atoms with Crippen LogP contribution >= 0.6 is 52.3 Å². The number of aliphatic carboxylic acids is 1. The van der Waals surface area contributed by atoms with Gasteiger partial charge in [0.25, 0.3) is 0 Å². The van der Waals surface area contributed by atoms with E-state index in [0.29, 0.717) is 38.3 Å². The molecule has 0 spiro atoms. The molecule has 0 amide bonds. The van der Waals surface area contributed by atoms with Gasteiger partial charge in [-0.3, -0.25) is 4.79 Å². The Balaban J connectivity index is -0.0000000917. The number of hydrogen-bond acceptors (Lipinski definition) is 13. The summed E-state index contributed by atoms with van der Waals surface area (Å²) in [6.45, 7) is 9.90. The van der Waals surface area contributed by atoms with Crippen molar-refractivity contribution >= 4 is 82.2 Å². The summed E-state index contributed by atoms with van der Waals surface area (Å²) in [5.41, 5.74) is 0. The Labute approximate surface area is 323 Å². The van der Waals surface area contributed by atoms with E-state index in [1.165, 1.54) is 24.3 Å². The van der Waals surface area contributed by atoms with Gasteiger partial charge < -0.3 is 44.1 Å². The van der Waals surface area contributed by atoms with Crippen LogP contribution in [0.15, 0.2) is 48.6 Å². The molecule has 0 fully saturated rings. The molecule has 0 saturated heterocycles. The molecule has 50 heavy (non-hydrogen) atoms. The van der Waals surface area contributed by atoms with Crippen LogP contribution in [0.5, 0.6) is 0 Å². The highest BCUT2D eigenvalue weighted by atomic mass is 79.9. The number of aliphatic hydroxyl groups is 2. The summed E-state index contributed by atoms with van der Waals surface area (Å²) in [7, 11) is 7.64. The molecule has 0 radical (unpaired) electrons. The molecule has 0 bridgehead atoms. The molecule has 0 aromatic rings. The number of carbonyl (C=O) groups excluding carboxylic acids is 4. The topological polar surface area (TPSA) is 189 Å². The summed E-state index contributed by atoms with van der Waals surface area (Å²) in [6.07, 6.45) is 10.8. The number of allylic oxidation sites excluding steroid dienone is 1. The fraction of sp³-hybridized carbons (Fsp3) is 0.594. The molecule has 0 aliphatic heterocycles. The highest BCUT2D eigenvalue weighted by Crippen LogP contribution is 1.96. The number of carboxylic acids is 1. The lowest BCUT2D eigenvalue weighted by Crippen LogP contribution is -2.16. The molecule has 0 aliphatic rings. The second kappa shape index (κ2) is 50.9. The van der Waals surface area contributed by atoms with Crippen molar-refractivity contribution < 1.29 is 58.2 Å². The molecular formula is C32H58BrCl3N2O12. The van der Waals surface area contributed by atoms with Gasteiger partial charge in [-0.15, -0.1) is 36.4 Å². The van der Waals surface area contributed by atoms with E-state index in [0.717, 1.165) is 12.6 Å². The van der Waals surface area contributed by atoms with E-state index in [-0.39, 0.29) is 55.7 Å². The van der Waals surface area contributed by atoms with Gasteiger partial charge in [0.2, 0.25) is 0 Å². The van der Waals surface area contributed by atoms with Gasteiger partial charge in [0.05, 0.1) is 45.6 Å². The molecule has 0 aromatic carbocycles. The molecule has 18 heteroatoms. The molecule has 0 heterocycles. The predicted octanol–water partition coefficient (Wildman–Crippen LogP) is 3.84. The fourth-order valence-corrected chi connectivity index (χ4v) is 2.35. The number of carbonyl (C=O) groups is 5. The van der Waals surface area contributed by atoms with Crippen LogP contribution < -0.4 is 0 Å². The number of esters is 4. The zero-order valence-corrected chi connectivity index (χ0v) is 34.2. The monoisotopic (exact) mass is 846 g/mol. The molecule has 296 valence electrons. The van der Waals surface area contributed by atoms with Crippen LogP contribution in [0, 0.1) is 0 Å². The molecule has 1 unspecified atom stereocenters. The molecule has 0 aliphatic carbocycles. The Kier molecular flexibility index (Phi) is 63.7. The molecular weight excluding hydrogens is 791 g/mol. The largest absolute Gasteiger partial charge is 0.478 e. The van der Waals surface area contributed by atoms with Crippen LogP contribution in [0.2, 0.25) is 0 Å². The molecule has 0 saturated carbocycles. The third kappa shape index (κ3) is 71.5. The number of rotatable bonds is 17. The summed E-state index contributed by atoms with van der Waals surface area (Å²) in [6, 6.07) is 0. The number of aliphatic hydroxyl groups excluding tert-OH is 2. The van der Waals surface area contributed by atoms with E-state index >= 15 is 0 Å². The maximum atomic E-state index is 10.7. The second-order valence-corrected chi connectivity index (χ2v) is 9.84. The van der Waals surface area contributed by atoms with Crippen molar-refractivity contribution in [1.82, 2.24) is 9.80 Å². The third-order valence-electron chi connectivity index (χ3n) is 3.90. The maximum absolute atomic E-state index is 10.7. The molecule has 0 rings (SSSR count). The predicted molar refractivity (Wildman–Crippen MR) is 205 cm³/mol. The highest BCUT2D eigenvalue weighted by Gasteiger charge is 2.09.